The van der Waals surface area contributed by atoms with Gasteiger partial charge in [-0.3, -0.25) is 4.79 Å². The Hall–Kier alpha value is -2.62. The monoisotopic (exact) mass is 482 g/mol. The lowest BCUT2D eigenvalue weighted by Gasteiger charge is -2.17. The summed E-state index contributed by atoms with van der Waals surface area (Å²) in [4.78, 5) is 24.2. The number of anilines is 1. The number of amides is 1. The third-order valence-electron chi connectivity index (χ3n) is 4.41. The topological polar surface area (TPSA) is 102 Å². The van der Waals surface area contributed by atoms with Gasteiger partial charge in [0.1, 0.15) is 5.75 Å². The van der Waals surface area contributed by atoms with Crippen LogP contribution in [0, 0.1) is 0 Å². The van der Waals surface area contributed by atoms with Crippen LogP contribution in [0.15, 0.2) is 47.4 Å². The Morgan fingerprint density at radius 3 is 2.38 bits per heavy atom. The van der Waals surface area contributed by atoms with Crippen LogP contribution in [-0.4, -0.2) is 51.4 Å². The summed E-state index contributed by atoms with van der Waals surface area (Å²) in [5.41, 5.74) is 0.793. The lowest BCUT2D eigenvalue weighted by Crippen LogP contribution is -2.35. The van der Waals surface area contributed by atoms with Gasteiger partial charge in [-0.2, -0.15) is 4.31 Å². The molecule has 0 aliphatic rings. The Labute approximate surface area is 193 Å². The Balaban J connectivity index is 1.98. The molecular weight excluding hydrogens is 456 g/mol. The summed E-state index contributed by atoms with van der Waals surface area (Å²) in [6.07, 6.45) is 1.72. The minimum absolute atomic E-state index is 0.0489. The molecular formula is C22H27ClN2O6S. The fourth-order valence-corrected chi connectivity index (χ4v) is 4.12. The van der Waals surface area contributed by atoms with E-state index in [1.807, 2.05) is 6.92 Å². The van der Waals surface area contributed by atoms with Crippen molar-refractivity contribution in [1.29, 1.82) is 0 Å². The molecule has 0 bridgehead atoms. The highest BCUT2D eigenvalue weighted by molar-refractivity contribution is 7.89. The molecule has 0 aromatic heterocycles. The zero-order valence-corrected chi connectivity index (χ0v) is 19.8. The normalized spacial score (nSPS) is 11.3. The maximum absolute atomic E-state index is 12.8. The van der Waals surface area contributed by atoms with Crippen LogP contribution >= 0.6 is 11.6 Å². The quantitative estimate of drug-likeness (QED) is 0.384. The van der Waals surface area contributed by atoms with E-state index in [0.29, 0.717) is 30.2 Å². The average Bonchev–Trinajstić information content (AvgIpc) is 2.75. The summed E-state index contributed by atoms with van der Waals surface area (Å²) in [5, 5.41) is 2.77. The third-order valence-corrected chi connectivity index (χ3v) is 6.51. The number of carbonyl (C=O) groups excluding carboxylic acids is 2. The maximum atomic E-state index is 12.8. The van der Waals surface area contributed by atoms with Crippen molar-refractivity contribution in [2.24, 2.45) is 0 Å². The van der Waals surface area contributed by atoms with E-state index in [0.717, 1.165) is 17.1 Å². The number of unbranched alkanes of at least 4 members (excludes halogenated alkanes) is 1. The number of nitrogens with zero attached hydrogens (tertiary/aromatic N) is 1. The van der Waals surface area contributed by atoms with Crippen molar-refractivity contribution in [3.63, 3.8) is 0 Å². The van der Waals surface area contributed by atoms with Gasteiger partial charge in [-0.05, 0) is 55.8 Å². The number of likely N-dealkylation sites (N-methyl/N-ethyl adjacent to an activating group) is 1. The largest absolute Gasteiger partial charge is 0.492 e. The molecule has 0 aliphatic heterocycles. The molecule has 174 valence electrons. The zero-order valence-electron chi connectivity index (χ0n) is 18.3. The van der Waals surface area contributed by atoms with Crippen molar-refractivity contribution in [3.05, 3.63) is 53.1 Å². The summed E-state index contributed by atoms with van der Waals surface area (Å²) in [7, 11) is -2.64. The second-order valence-electron chi connectivity index (χ2n) is 6.90. The molecule has 0 heterocycles. The number of carbonyl (C=O) groups is 2. The number of hydrogen-bond acceptors (Lipinski definition) is 6. The molecule has 0 fully saturated rings. The highest BCUT2D eigenvalue weighted by Crippen LogP contribution is 2.28. The predicted molar refractivity (Wildman–Crippen MR) is 123 cm³/mol. The van der Waals surface area contributed by atoms with E-state index >= 15 is 0 Å². The number of halogens is 1. The number of nitrogens with one attached hydrogen (secondary N) is 1. The number of esters is 1. The standard InChI is InChI=1S/C22H27ClN2O6S/c1-4-6-13-31-22(27)16-7-9-17(10-8-16)24-21(26)15-25(3)32(28,29)18-11-12-20(30-5-2)19(23)14-18/h7-12,14H,4-6,13,15H2,1-3H3,(H,24,26). The number of ether oxygens (including phenoxy) is 2. The fourth-order valence-electron chi connectivity index (χ4n) is 2.66. The lowest BCUT2D eigenvalue weighted by atomic mass is 10.2. The summed E-state index contributed by atoms with van der Waals surface area (Å²) in [6.45, 7) is 4.14. The van der Waals surface area contributed by atoms with Gasteiger partial charge in [-0.25, -0.2) is 13.2 Å². The SMILES string of the molecule is CCCCOC(=O)c1ccc(NC(=O)CN(C)S(=O)(=O)c2ccc(OCC)c(Cl)c2)cc1. The Bertz CT molecular complexity index is 1040. The van der Waals surface area contributed by atoms with E-state index in [-0.39, 0.29) is 9.92 Å². The molecule has 32 heavy (non-hydrogen) atoms. The molecule has 0 saturated heterocycles. The van der Waals surface area contributed by atoms with E-state index < -0.39 is 28.4 Å². The molecule has 0 unspecified atom stereocenters. The molecule has 2 rings (SSSR count). The average molecular weight is 483 g/mol. The van der Waals surface area contributed by atoms with Gasteiger partial charge in [0.15, 0.2) is 0 Å². The number of benzene rings is 2. The van der Waals surface area contributed by atoms with Crippen LogP contribution in [0.2, 0.25) is 5.02 Å². The van der Waals surface area contributed by atoms with Gasteiger partial charge in [-0.15, -0.1) is 0 Å². The first-order valence-corrected chi connectivity index (χ1v) is 12.0. The second kappa shape index (κ2) is 11.8. The van der Waals surface area contributed by atoms with Gasteiger partial charge < -0.3 is 14.8 Å². The smallest absolute Gasteiger partial charge is 0.338 e. The van der Waals surface area contributed by atoms with Gasteiger partial charge in [-0.1, -0.05) is 24.9 Å². The van der Waals surface area contributed by atoms with Crippen LogP contribution in [0.1, 0.15) is 37.0 Å². The Kier molecular flexibility index (Phi) is 9.49. The minimum atomic E-state index is -3.94. The van der Waals surface area contributed by atoms with Crippen LogP contribution in [0.4, 0.5) is 5.69 Å². The summed E-state index contributed by atoms with van der Waals surface area (Å²) in [6, 6.07) is 10.3. The van der Waals surface area contributed by atoms with Gasteiger partial charge in [0.2, 0.25) is 15.9 Å². The first-order valence-electron chi connectivity index (χ1n) is 10.1. The van der Waals surface area contributed by atoms with Crippen molar-refractivity contribution in [2.45, 2.75) is 31.6 Å². The summed E-state index contributed by atoms with van der Waals surface area (Å²) in [5.74, 6) is -0.589. The number of hydrogen-bond donors (Lipinski definition) is 1. The Morgan fingerprint density at radius 1 is 1.09 bits per heavy atom. The number of rotatable bonds is 11. The molecule has 1 amide bonds. The highest BCUT2D eigenvalue weighted by Gasteiger charge is 2.24. The van der Waals surface area contributed by atoms with Crippen LogP contribution in [-0.2, 0) is 19.6 Å². The van der Waals surface area contributed by atoms with Crippen LogP contribution in [0.3, 0.4) is 0 Å². The van der Waals surface area contributed by atoms with Gasteiger partial charge >= 0.3 is 5.97 Å². The van der Waals surface area contributed by atoms with Crippen molar-refractivity contribution in [1.82, 2.24) is 4.31 Å². The number of sulfonamides is 1. The van der Waals surface area contributed by atoms with Gasteiger partial charge in [0, 0.05) is 12.7 Å². The van der Waals surface area contributed by atoms with Crippen molar-refractivity contribution in [3.8, 4) is 5.75 Å². The van der Waals surface area contributed by atoms with E-state index in [4.69, 9.17) is 21.1 Å². The molecule has 0 atom stereocenters. The first kappa shape index (κ1) is 25.6. The van der Waals surface area contributed by atoms with Gasteiger partial charge in [0.25, 0.3) is 0 Å². The maximum Gasteiger partial charge on any atom is 0.338 e. The molecule has 8 nitrogen and oxygen atoms in total. The molecule has 2 aromatic rings. The second-order valence-corrected chi connectivity index (χ2v) is 9.35. The summed E-state index contributed by atoms with van der Waals surface area (Å²) < 4.78 is 36.9. The zero-order chi connectivity index (χ0) is 23.7. The lowest BCUT2D eigenvalue weighted by molar-refractivity contribution is -0.116. The molecule has 0 spiro atoms. The molecule has 0 aliphatic carbocycles. The third kappa shape index (κ3) is 6.94. The van der Waals surface area contributed by atoms with Crippen LogP contribution < -0.4 is 10.1 Å². The van der Waals surface area contributed by atoms with E-state index in [1.54, 1.807) is 19.1 Å². The molecule has 1 N–H and O–H groups in total. The van der Waals surface area contributed by atoms with E-state index in [9.17, 15) is 18.0 Å². The van der Waals surface area contributed by atoms with Crippen molar-refractivity contribution < 1.29 is 27.5 Å². The van der Waals surface area contributed by atoms with Crippen LogP contribution in [0.5, 0.6) is 5.75 Å². The first-order chi connectivity index (χ1) is 15.2. The summed E-state index contributed by atoms with van der Waals surface area (Å²) >= 11 is 6.08. The fraction of sp³-hybridized carbons (Fsp3) is 0.364. The molecule has 2 aromatic carbocycles. The Morgan fingerprint density at radius 2 is 1.78 bits per heavy atom. The van der Waals surface area contributed by atoms with Crippen molar-refractivity contribution >= 4 is 39.2 Å². The molecule has 0 saturated carbocycles. The van der Waals surface area contributed by atoms with E-state index in [1.165, 1.54) is 37.4 Å². The minimum Gasteiger partial charge on any atom is -0.492 e. The van der Waals surface area contributed by atoms with Crippen LogP contribution in [0.25, 0.3) is 0 Å². The van der Waals surface area contributed by atoms with Gasteiger partial charge in [0.05, 0.1) is 35.2 Å². The van der Waals surface area contributed by atoms with E-state index in [2.05, 4.69) is 5.32 Å². The van der Waals surface area contributed by atoms with Crippen molar-refractivity contribution in [2.75, 3.05) is 32.1 Å². The predicted octanol–water partition coefficient (Wildman–Crippen LogP) is 3.95. The highest BCUT2D eigenvalue weighted by atomic mass is 35.5. The molecule has 10 heteroatoms. The molecule has 0 radical (unpaired) electrons.